The van der Waals surface area contributed by atoms with E-state index in [9.17, 15) is 19.7 Å². The first-order valence-corrected chi connectivity index (χ1v) is 9.06. The molecule has 0 atom stereocenters. The predicted octanol–water partition coefficient (Wildman–Crippen LogP) is 4.31. The molecule has 6 nitrogen and oxygen atoms in total. The van der Waals surface area contributed by atoms with E-state index >= 15 is 0 Å². The number of rotatable bonds is 4. The van der Waals surface area contributed by atoms with Crippen LogP contribution in [0.1, 0.15) is 16.7 Å². The van der Waals surface area contributed by atoms with Gasteiger partial charge in [0.05, 0.1) is 14.2 Å². The second kappa shape index (κ2) is 7.51. The number of hydrogen-bond donors (Lipinski definition) is 3. The fraction of sp³-hybridized carbons (Fsp3) is 0.130. The summed E-state index contributed by atoms with van der Waals surface area (Å²) in [5.74, 6) is -0.432. The molecule has 1 aliphatic rings. The molecular weight excluding hydrogens is 391 g/mol. The van der Waals surface area contributed by atoms with Crippen molar-refractivity contribution in [3.63, 3.8) is 0 Å². The molecule has 4 rings (SSSR count). The highest BCUT2D eigenvalue weighted by Crippen LogP contribution is 2.46. The average molecular weight is 410 g/mol. The Bertz CT molecular complexity index is 1140. The zero-order valence-electron chi connectivity index (χ0n) is 16.3. The van der Waals surface area contributed by atoms with Gasteiger partial charge in [-0.3, -0.25) is 0 Å². The first kappa shape index (κ1) is 19.4. The average Bonchev–Trinajstić information content (AvgIpc) is 2.75. The number of phenols is 3. The smallest absolute Gasteiger partial charge is 0.200 e. The Morgan fingerprint density at radius 1 is 0.867 bits per heavy atom. The van der Waals surface area contributed by atoms with E-state index in [4.69, 9.17) is 14.2 Å². The highest BCUT2D eigenvalue weighted by Gasteiger charge is 2.25. The number of methoxy groups -OCH3 is 2. The van der Waals surface area contributed by atoms with Crippen molar-refractivity contribution < 1.29 is 33.9 Å². The van der Waals surface area contributed by atoms with Crippen LogP contribution in [-0.4, -0.2) is 36.1 Å². The lowest BCUT2D eigenvalue weighted by molar-refractivity contribution is 0.339. The molecule has 3 aromatic carbocycles. The Kier molecular flexibility index (Phi) is 4.87. The zero-order chi connectivity index (χ0) is 21.4. The molecule has 0 aliphatic carbocycles. The van der Waals surface area contributed by atoms with E-state index in [1.807, 2.05) is 0 Å². The molecule has 0 spiro atoms. The van der Waals surface area contributed by atoms with Crippen molar-refractivity contribution in [2.75, 3.05) is 20.8 Å². The third-order valence-electron chi connectivity index (χ3n) is 4.97. The maximum atomic E-state index is 14.2. The molecule has 0 fully saturated rings. The van der Waals surface area contributed by atoms with Crippen molar-refractivity contribution in [3.8, 4) is 34.5 Å². The highest BCUT2D eigenvalue weighted by molar-refractivity contribution is 6.02. The van der Waals surface area contributed by atoms with Crippen molar-refractivity contribution in [1.29, 1.82) is 0 Å². The molecule has 0 aromatic heterocycles. The fourth-order valence-electron chi connectivity index (χ4n) is 3.51. The summed E-state index contributed by atoms with van der Waals surface area (Å²) in [5, 5.41) is 29.7. The van der Waals surface area contributed by atoms with Crippen LogP contribution in [0.15, 0.2) is 48.5 Å². The number of ether oxygens (including phenoxy) is 3. The Hall–Kier alpha value is -3.87. The van der Waals surface area contributed by atoms with E-state index in [1.54, 1.807) is 24.3 Å². The molecule has 0 saturated carbocycles. The Labute approximate surface area is 172 Å². The molecule has 3 N–H and O–H groups in total. The van der Waals surface area contributed by atoms with Crippen LogP contribution in [0.2, 0.25) is 0 Å². The van der Waals surface area contributed by atoms with Crippen LogP contribution in [0.4, 0.5) is 4.39 Å². The summed E-state index contributed by atoms with van der Waals surface area (Å²) in [7, 11) is 2.86. The summed E-state index contributed by atoms with van der Waals surface area (Å²) in [6.45, 7) is 0.116. The van der Waals surface area contributed by atoms with Crippen LogP contribution in [0.5, 0.6) is 34.5 Å². The van der Waals surface area contributed by atoms with E-state index in [0.29, 0.717) is 33.6 Å². The predicted molar refractivity (Wildman–Crippen MR) is 109 cm³/mol. The summed E-state index contributed by atoms with van der Waals surface area (Å²) in [6.07, 6.45) is 0. The van der Waals surface area contributed by atoms with Gasteiger partial charge in [0, 0.05) is 17.2 Å². The van der Waals surface area contributed by atoms with Gasteiger partial charge >= 0.3 is 0 Å². The number of phenolic OH excluding ortho intramolecular Hbond substituents is 3. The lowest BCUT2D eigenvalue weighted by Crippen LogP contribution is -2.12. The molecule has 0 amide bonds. The molecule has 0 radical (unpaired) electrons. The topological polar surface area (TPSA) is 88.4 Å². The van der Waals surface area contributed by atoms with Gasteiger partial charge in [0.25, 0.3) is 0 Å². The van der Waals surface area contributed by atoms with Crippen LogP contribution in [-0.2, 0) is 0 Å². The van der Waals surface area contributed by atoms with Gasteiger partial charge in [-0.2, -0.15) is 0 Å². The summed E-state index contributed by atoms with van der Waals surface area (Å²) in [4.78, 5) is 0. The van der Waals surface area contributed by atoms with Crippen molar-refractivity contribution >= 4 is 11.1 Å². The lowest BCUT2D eigenvalue weighted by atomic mass is 9.87. The largest absolute Gasteiger partial charge is 0.508 e. The number of benzene rings is 3. The van der Waals surface area contributed by atoms with Gasteiger partial charge in [0.1, 0.15) is 18.1 Å². The SMILES string of the molecule is COc1cc(C2=C(c3ccc(O)c(F)c3)c3ccc(O)cc3OC2)cc(OC)c1O. The third kappa shape index (κ3) is 3.24. The summed E-state index contributed by atoms with van der Waals surface area (Å²) in [5.41, 5.74) is 3.15. The van der Waals surface area contributed by atoms with Crippen molar-refractivity contribution in [2.24, 2.45) is 0 Å². The van der Waals surface area contributed by atoms with Crippen molar-refractivity contribution in [2.45, 2.75) is 0 Å². The van der Waals surface area contributed by atoms with E-state index in [1.165, 1.54) is 38.5 Å². The van der Waals surface area contributed by atoms with E-state index in [-0.39, 0.29) is 29.6 Å². The molecule has 154 valence electrons. The van der Waals surface area contributed by atoms with Gasteiger partial charge in [-0.05, 0) is 53.1 Å². The lowest BCUT2D eigenvalue weighted by Gasteiger charge is -2.26. The van der Waals surface area contributed by atoms with Gasteiger partial charge in [-0.1, -0.05) is 6.07 Å². The minimum atomic E-state index is -0.757. The molecular formula is C23H19FO6. The molecule has 30 heavy (non-hydrogen) atoms. The second-order valence-electron chi connectivity index (χ2n) is 6.72. The maximum absolute atomic E-state index is 14.2. The molecule has 7 heteroatoms. The quantitative estimate of drug-likeness (QED) is 0.594. The Morgan fingerprint density at radius 3 is 2.20 bits per heavy atom. The molecule has 1 aliphatic heterocycles. The Morgan fingerprint density at radius 2 is 1.57 bits per heavy atom. The number of hydrogen-bond acceptors (Lipinski definition) is 6. The minimum Gasteiger partial charge on any atom is -0.508 e. The summed E-state index contributed by atoms with van der Waals surface area (Å²) < 4.78 is 30.5. The van der Waals surface area contributed by atoms with Gasteiger partial charge < -0.3 is 29.5 Å². The van der Waals surface area contributed by atoms with Gasteiger partial charge in [-0.15, -0.1) is 0 Å². The maximum Gasteiger partial charge on any atom is 0.200 e. The number of aromatic hydroxyl groups is 3. The van der Waals surface area contributed by atoms with Gasteiger partial charge in [0.15, 0.2) is 23.1 Å². The third-order valence-corrected chi connectivity index (χ3v) is 4.97. The minimum absolute atomic E-state index is 0.0430. The van der Waals surface area contributed by atoms with E-state index in [0.717, 1.165) is 0 Å². The summed E-state index contributed by atoms with van der Waals surface area (Å²) in [6, 6.07) is 12.1. The van der Waals surface area contributed by atoms with Crippen LogP contribution < -0.4 is 14.2 Å². The van der Waals surface area contributed by atoms with Crippen LogP contribution in [0, 0.1) is 5.82 Å². The number of halogens is 1. The van der Waals surface area contributed by atoms with E-state index < -0.39 is 11.6 Å². The van der Waals surface area contributed by atoms with Gasteiger partial charge in [-0.25, -0.2) is 4.39 Å². The van der Waals surface area contributed by atoms with Crippen molar-refractivity contribution in [3.05, 3.63) is 71.0 Å². The molecule has 1 heterocycles. The van der Waals surface area contributed by atoms with Crippen LogP contribution >= 0.6 is 0 Å². The molecule has 0 bridgehead atoms. The summed E-state index contributed by atoms with van der Waals surface area (Å²) >= 11 is 0. The number of fused-ring (bicyclic) bond motifs is 1. The fourth-order valence-corrected chi connectivity index (χ4v) is 3.51. The van der Waals surface area contributed by atoms with Crippen molar-refractivity contribution in [1.82, 2.24) is 0 Å². The van der Waals surface area contributed by atoms with Crippen LogP contribution in [0.3, 0.4) is 0 Å². The Balaban J connectivity index is 2.03. The zero-order valence-corrected chi connectivity index (χ0v) is 16.3. The molecule has 0 saturated heterocycles. The molecule has 3 aromatic rings. The van der Waals surface area contributed by atoms with E-state index in [2.05, 4.69) is 0 Å². The standard InChI is InChI=1S/C23H19FO6/c1-28-20-8-13(9-21(29-2)23(20)27)16-11-30-19-10-14(25)4-5-15(19)22(16)12-3-6-18(26)17(24)7-12/h3-10,25-27H,11H2,1-2H3. The molecule has 0 unspecified atom stereocenters. The second-order valence-corrected chi connectivity index (χ2v) is 6.72. The normalized spacial score (nSPS) is 12.9. The first-order chi connectivity index (χ1) is 14.4. The van der Waals surface area contributed by atoms with Crippen LogP contribution in [0.25, 0.3) is 11.1 Å². The van der Waals surface area contributed by atoms with Gasteiger partial charge in [0.2, 0.25) is 5.75 Å². The monoisotopic (exact) mass is 410 g/mol. The highest BCUT2D eigenvalue weighted by atomic mass is 19.1. The first-order valence-electron chi connectivity index (χ1n) is 9.06.